The molecule has 0 N–H and O–H groups in total. The van der Waals surface area contributed by atoms with Crippen LogP contribution in [0.2, 0.25) is 0 Å². The van der Waals surface area contributed by atoms with Gasteiger partial charge < -0.3 is 4.90 Å². The molecule has 5 heteroatoms. The highest BCUT2D eigenvalue weighted by Crippen LogP contribution is 2.17. The standard InChI is InChI=1S/C18H24N2O3/c1-2-3-4-5-9-12-16(21)20-17(22)14-19(18(20)23)13-15-10-7-6-8-11-15/h6-8,10-11H,2-5,9,12-14H2,1H3. The van der Waals surface area contributed by atoms with Crippen LogP contribution in [-0.4, -0.2) is 34.2 Å². The molecule has 0 spiro atoms. The number of benzene rings is 1. The largest absolute Gasteiger partial charge is 0.334 e. The number of carbonyl (C=O) groups is 3. The molecule has 1 aliphatic rings. The van der Waals surface area contributed by atoms with Gasteiger partial charge in [-0.25, -0.2) is 4.79 Å². The molecule has 124 valence electrons. The summed E-state index contributed by atoms with van der Waals surface area (Å²) in [6.07, 6.45) is 5.34. The van der Waals surface area contributed by atoms with Crippen molar-refractivity contribution in [2.75, 3.05) is 6.54 Å². The van der Waals surface area contributed by atoms with Crippen LogP contribution in [0.15, 0.2) is 30.3 Å². The van der Waals surface area contributed by atoms with E-state index < -0.39 is 11.9 Å². The number of amides is 4. The van der Waals surface area contributed by atoms with Crippen LogP contribution in [0.5, 0.6) is 0 Å². The predicted octanol–water partition coefficient (Wildman–Crippen LogP) is 3.34. The van der Waals surface area contributed by atoms with Crippen molar-refractivity contribution >= 4 is 17.8 Å². The van der Waals surface area contributed by atoms with Gasteiger partial charge in [-0.3, -0.25) is 9.59 Å². The number of hydrogen-bond donors (Lipinski definition) is 0. The molecule has 1 aliphatic heterocycles. The van der Waals surface area contributed by atoms with Crippen LogP contribution in [-0.2, 0) is 16.1 Å². The Morgan fingerprint density at radius 1 is 1.04 bits per heavy atom. The van der Waals surface area contributed by atoms with E-state index in [-0.39, 0.29) is 18.9 Å². The number of imide groups is 3. The summed E-state index contributed by atoms with van der Waals surface area (Å²) in [6, 6.07) is 8.98. The molecule has 0 unspecified atom stereocenters. The van der Waals surface area contributed by atoms with Gasteiger partial charge in [0.1, 0.15) is 6.54 Å². The monoisotopic (exact) mass is 316 g/mol. The molecular formula is C18H24N2O3. The molecule has 0 aliphatic carbocycles. The number of unbranched alkanes of at least 4 members (excludes halogenated alkanes) is 4. The maximum absolute atomic E-state index is 12.3. The van der Waals surface area contributed by atoms with Gasteiger partial charge in [0.15, 0.2) is 0 Å². The van der Waals surface area contributed by atoms with E-state index in [9.17, 15) is 14.4 Å². The molecule has 23 heavy (non-hydrogen) atoms. The third-order valence-corrected chi connectivity index (χ3v) is 4.00. The summed E-state index contributed by atoms with van der Waals surface area (Å²) < 4.78 is 0. The molecule has 4 amide bonds. The van der Waals surface area contributed by atoms with Crippen LogP contribution in [0, 0.1) is 0 Å². The Bertz CT molecular complexity index is 557. The third kappa shape index (κ3) is 4.65. The minimum absolute atomic E-state index is 0.0185. The van der Waals surface area contributed by atoms with Gasteiger partial charge in [0.05, 0.1) is 0 Å². The van der Waals surface area contributed by atoms with Crippen molar-refractivity contribution in [2.24, 2.45) is 0 Å². The molecule has 1 heterocycles. The van der Waals surface area contributed by atoms with Crippen molar-refractivity contribution in [3.05, 3.63) is 35.9 Å². The molecule has 1 saturated heterocycles. The second-order valence-corrected chi connectivity index (χ2v) is 5.91. The van der Waals surface area contributed by atoms with Crippen LogP contribution >= 0.6 is 0 Å². The number of rotatable bonds is 8. The Morgan fingerprint density at radius 2 is 1.74 bits per heavy atom. The van der Waals surface area contributed by atoms with E-state index in [0.29, 0.717) is 6.54 Å². The first-order valence-corrected chi connectivity index (χ1v) is 8.32. The van der Waals surface area contributed by atoms with E-state index >= 15 is 0 Å². The Hall–Kier alpha value is -2.17. The summed E-state index contributed by atoms with van der Waals surface area (Å²) in [5, 5.41) is 0. The van der Waals surface area contributed by atoms with Crippen molar-refractivity contribution in [1.29, 1.82) is 0 Å². The average Bonchev–Trinajstić information content (AvgIpc) is 2.82. The quantitative estimate of drug-likeness (QED) is 0.546. The average molecular weight is 316 g/mol. The Morgan fingerprint density at radius 3 is 2.43 bits per heavy atom. The second kappa shape index (κ2) is 8.46. The van der Waals surface area contributed by atoms with E-state index in [1.807, 2.05) is 30.3 Å². The Kier molecular flexibility index (Phi) is 6.32. The molecule has 0 saturated carbocycles. The number of urea groups is 1. The number of hydrogen-bond acceptors (Lipinski definition) is 3. The molecule has 0 bridgehead atoms. The lowest BCUT2D eigenvalue weighted by atomic mass is 10.1. The summed E-state index contributed by atoms with van der Waals surface area (Å²) in [4.78, 5) is 38.7. The fourth-order valence-corrected chi connectivity index (χ4v) is 2.71. The van der Waals surface area contributed by atoms with Crippen LogP contribution in [0.4, 0.5) is 4.79 Å². The van der Waals surface area contributed by atoms with Crippen molar-refractivity contribution in [3.8, 4) is 0 Å². The highest BCUT2D eigenvalue weighted by molar-refractivity contribution is 6.14. The Balaban J connectivity index is 1.86. The predicted molar refractivity (Wildman–Crippen MR) is 87.5 cm³/mol. The zero-order valence-corrected chi connectivity index (χ0v) is 13.7. The summed E-state index contributed by atoms with van der Waals surface area (Å²) in [7, 11) is 0. The van der Waals surface area contributed by atoms with E-state index in [2.05, 4.69) is 6.92 Å². The van der Waals surface area contributed by atoms with E-state index in [1.165, 1.54) is 4.90 Å². The van der Waals surface area contributed by atoms with Gasteiger partial charge in [0.25, 0.3) is 5.91 Å². The van der Waals surface area contributed by atoms with Gasteiger partial charge in [0.2, 0.25) is 5.91 Å². The van der Waals surface area contributed by atoms with Gasteiger partial charge in [0, 0.05) is 13.0 Å². The van der Waals surface area contributed by atoms with Crippen molar-refractivity contribution in [1.82, 2.24) is 9.80 Å². The minimum atomic E-state index is -0.489. The lowest BCUT2D eigenvalue weighted by Crippen LogP contribution is -2.37. The van der Waals surface area contributed by atoms with Crippen LogP contribution in [0.3, 0.4) is 0 Å². The lowest BCUT2D eigenvalue weighted by Gasteiger charge is -2.16. The SMILES string of the molecule is CCCCCCCC(=O)N1C(=O)CN(Cc2ccccc2)C1=O. The minimum Gasteiger partial charge on any atom is -0.310 e. The highest BCUT2D eigenvalue weighted by atomic mass is 16.2. The van der Waals surface area contributed by atoms with Crippen LogP contribution in [0.1, 0.15) is 51.0 Å². The molecule has 5 nitrogen and oxygen atoms in total. The molecule has 1 aromatic rings. The fourth-order valence-electron chi connectivity index (χ4n) is 2.71. The molecule has 2 rings (SSSR count). The molecular weight excluding hydrogens is 292 g/mol. The maximum Gasteiger partial charge on any atom is 0.334 e. The maximum atomic E-state index is 12.3. The summed E-state index contributed by atoms with van der Waals surface area (Å²) in [5.74, 6) is -0.781. The van der Waals surface area contributed by atoms with Gasteiger partial charge in [-0.1, -0.05) is 62.9 Å². The third-order valence-electron chi connectivity index (χ3n) is 4.00. The molecule has 1 fully saturated rings. The normalized spacial score (nSPS) is 14.7. The van der Waals surface area contributed by atoms with Gasteiger partial charge >= 0.3 is 6.03 Å². The van der Waals surface area contributed by atoms with Crippen molar-refractivity contribution in [2.45, 2.75) is 52.0 Å². The molecule has 0 aromatic heterocycles. The first-order chi connectivity index (χ1) is 11.1. The zero-order chi connectivity index (χ0) is 16.7. The van der Waals surface area contributed by atoms with E-state index in [4.69, 9.17) is 0 Å². The number of nitrogens with zero attached hydrogens (tertiary/aromatic N) is 2. The Labute approximate surface area is 137 Å². The van der Waals surface area contributed by atoms with E-state index in [0.717, 1.165) is 42.6 Å². The molecule has 0 atom stereocenters. The highest BCUT2D eigenvalue weighted by Gasteiger charge is 2.39. The van der Waals surface area contributed by atoms with Crippen molar-refractivity contribution < 1.29 is 14.4 Å². The second-order valence-electron chi connectivity index (χ2n) is 5.91. The molecule has 1 aromatic carbocycles. The van der Waals surface area contributed by atoms with Gasteiger partial charge in [-0.05, 0) is 12.0 Å². The van der Waals surface area contributed by atoms with Crippen molar-refractivity contribution in [3.63, 3.8) is 0 Å². The summed E-state index contributed by atoms with van der Waals surface area (Å²) in [5.41, 5.74) is 0.947. The number of carbonyl (C=O) groups excluding carboxylic acids is 3. The topological polar surface area (TPSA) is 57.7 Å². The smallest absolute Gasteiger partial charge is 0.310 e. The van der Waals surface area contributed by atoms with Crippen LogP contribution < -0.4 is 0 Å². The van der Waals surface area contributed by atoms with Gasteiger partial charge in [-0.2, -0.15) is 4.90 Å². The zero-order valence-electron chi connectivity index (χ0n) is 13.7. The lowest BCUT2D eigenvalue weighted by molar-refractivity contribution is -0.138. The van der Waals surface area contributed by atoms with Gasteiger partial charge in [-0.15, -0.1) is 0 Å². The van der Waals surface area contributed by atoms with E-state index in [1.54, 1.807) is 0 Å². The molecule has 0 radical (unpaired) electrons. The fraction of sp³-hybridized carbons (Fsp3) is 0.500. The summed E-state index contributed by atoms with van der Waals surface area (Å²) >= 11 is 0. The first kappa shape index (κ1) is 17.2. The first-order valence-electron chi connectivity index (χ1n) is 8.32. The summed E-state index contributed by atoms with van der Waals surface area (Å²) in [6.45, 7) is 2.47. The van der Waals surface area contributed by atoms with Crippen LogP contribution in [0.25, 0.3) is 0 Å².